The molecule has 0 aromatic heterocycles. The summed E-state index contributed by atoms with van der Waals surface area (Å²) in [5.41, 5.74) is 0.967. The van der Waals surface area contributed by atoms with E-state index >= 15 is 0 Å². The van der Waals surface area contributed by atoms with E-state index in [1.54, 1.807) is 0 Å². The topological polar surface area (TPSA) is 32.3 Å². The van der Waals surface area contributed by atoms with Crippen molar-refractivity contribution in [2.75, 3.05) is 13.1 Å². The molecular weight excluding hydrogens is 272 g/mol. The lowest BCUT2D eigenvalue weighted by molar-refractivity contribution is -0.121. The summed E-state index contributed by atoms with van der Waals surface area (Å²) in [6.45, 7) is 6.58. The molecule has 1 aliphatic heterocycles. The summed E-state index contributed by atoms with van der Waals surface area (Å²) in [7, 11) is 0. The number of carbonyl (C=O) groups is 1. The third-order valence-electron chi connectivity index (χ3n) is 3.88. The van der Waals surface area contributed by atoms with Crippen LogP contribution in [0.3, 0.4) is 0 Å². The number of nitrogens with zero attached hydrogens (tertiary/aromatic N) is 1. The van der Waals surface area contributed by atoms with Crippen LogP contribution in [-0.4, -0.2) is 36.0 Å². The van der Waals surface area contributed by atoms with E-state index in [2.05, 4.69) is 24.1 Å². The Morgan fingerprint density at radius 3 is 2.70 bits per heavy atom. The Kier molecular flexibility index (Phi) is 5.44. The minimum absolute atomic E-state index is 0.0928. The number of rotatable bonds is 4. The van der Waals surface area contributed by atoms with Gasteiger partial charge in [-0.25, -0.2) is 0 Å². The van der Waals surface area contributed by atoms with Gasteiger partial charge in [-0.1, -0.05) is 23.7 Å². The molecule has 20 heavy (non-hydrogen) atoms. The summed E-state index contributed by atoms with van der Waals surface area (Å²) in [4.78, 5) is 14.5. The molecule has 1 N–H and O–H groups in total. The van der Waals surface area contributed by atoms with E-state index < -0.39 is 0 Å². The zero-order valence-electron chi connectivity index (χ0n) is 12.2. The standard InChI is InChI=1S/C16H23ClN2O/c1-12(2)19-8-6-15(7-9-19)18-16(20)11-13-4-3-5-14(17)10-13/h3-5,10,12,15H,6-9,11H2,1-2H3,(H,18,20). The molecule has 1 amide bonds. The maximum atomic E-state index is 12.0. The number of halogens is 1. The Morgan fingerprint density at radius 2 is 2.10 bits per heavy atom. The lowest BCUT2D eigenvalue weighted by Crippen LogP contribution is -2.46. The van der Waals surface area contributed by atoms with Gasteiger partial charge in [0, 0.05) is 30.2 Å². The van der Waals surface area contributed by atoms with E-state index in [1.807, 2.05) is 24.3 Å². The van der Waals surface area contributed by atoms with Gasteiger partial charge in [-0.05, 0) is 44.4 Å². The van der Waals surface area contributed by atoms with Crippen molar-refractivity contribution in [2.24, 2.45) is 0 Å². The van der Waals surface area contributed by atoms with Crippen molar-refractivity contribution in [1.29, 1.82) is 0 Å². The van der Waals surface area contributed by atoms with E-state index in [-0.39, 0.29) is 5.91 Å². The fourth-order valence-corrected chi connectivity index (χ4v) is 2.88. The predicted octanol–water partition coefficient (Wildman–Crippen LogP) is 2.87. The Hall–Kier alpha value is -1.06. The number of hydrogen-bond acceptors (Lipinski definition) is 2. The van der Waals surface area contributed by atoms with Gasteiger partial charge in [0.15, 0.2) is 0 Å². The lowest BCUT2D eigenvalue weighted by atomic mass is 10.0. The smallest absolute Gasteiger partial charge is 0.224 e. The molecule has 0 aliphatic carbocycles. The normalized spacial score (nSPS) is 17.4. The molecule has 1 saturated heterocycles. The fourth-order valence-electron chi connectivity index (χ4n) is 2.67. The van der Waals surface area contributed by atoms with Crippen molar-refractivity contribution in [2.45, 2.75) is 45.2 Å². The van der Waals surface area contributed by atoms with Gasteiger partial charge in [-0.3, -0.25) is 4.79 Å². The van der Waals surface area contributed by atoms with Crippen LogP contribution in [-0.2, 0) is 11.2 Å². The van der Waals surface area contributed by atoms with Crippen molar-refractivity contribution in [3.05, 3.63) is 34.9 Å². The molecule has 1 aromatic rings. The third-order valence-corrected chi connectivity index (χ3v) is 4.11. The van der Waals surface area contributed by atoms with E-state index in [9.17, 15) is 4.79 Å². The van der Waals surface area contributed by atoms with Crippen LogP contribution in [0.15, 0.2) is 24.3 Å². The Morgan fingerprint density at radius 1 is 1.40 bits per heavy atom. The number of amides is 1. The molecule has 0 atom stereocenters. The minimum Gasteiger partial charge on any atom is -0.353 e. The molecule has 1 fully saturated rings. The van der Waals surface area contributed by atoms with Gasteiger partial charge in [0.25, 0.3) is 0 Å². The van der Waals surface area contributed by atoms with Crippen molar-refractivity contribution < 1.29 is 4.79 Å². The second-order valence-electron chi connectivity index (χ2n) is 5.78. The first kappa shape index (κ1) is 15.3. The van der Waals surface area contributed by atoms with Crippen LogP contribution >= 0.6 is 11.6 Å². The van der Waals surface area contributed by atoms with E-state index in [0.717, 1.165) is 31.5 Å². The van der Waals surface area contributed by atoms with Gasteiger partial charge in [0.1, 0.15) is 0 Å². The first-order valence-electron chi connectivity index (χ1n) is 7.32. The van der Waals surface area contributed by atoms with Gasteiger partial charge >= 0.3 is 0 Å². The van der Waals surface area contributed by atoms with Crippen LogP contribution in [0.5, 0.6) is 0 Å². The first-order chi connectivity index (χ1) is 9.54. The summed E-state index contributed by atoms with van der Waals surface area (Å²) < 4.78 is 0. The summed E-state index contributed by atoms with van der Waals surface area (Å²) in [5, 5.41) is 3.82. The maximum Gasteiger partial charge on any atom is 0.224 e. The molecule has 1 heterocycles. The zero-order valence-corrected chi connectivity index (χ0v) is 13.0. The summed E-state index contributed by atoms with van der Waals surface area (Å²) in [6.07, 6.45) is 2.49. The van der Waals surface area contributed by atoms with Gasteiger partial charge in [0.05, 0.1) is 6.42 Å². The van der Waals surface area contributed by atoms with Crippen molar-refractivity contribution >= 4 is 17.5 Å². The second-order valence-corrected chi connectivity index (χ2v) is 6.21. The number of benzene rings is 1. The highest BCUT2D eigenvalue weighted by Crippen LogP contribution is 2.14. The lowest BCUT2D eigenvalue weighted by Gasteiger charge is -2.34. The Balaban J connectivity index is 1.78. The Labute approximate surface area is 126 Å². The van der Waals surface area contributed by atoms with Gasteiger partial charge in [-0.15, -0.1) is 0 Å². The molecule has 1 aliphatic rings. The SMILES string of the molecule is CC(C)N1CCC(NC(=O)Cc2cccc(Cl)c2)CC1. The molecule has 4 heteroatoms. The number of likely N-dealkylation sites (tertiary alicyclic amines) is 1. The largest absolute Gasteiger partial charge is 0.353 e. The Bertz CT molecular complexity index is 454. The highest BCUT2D eigenvalue weighted by molar-refractivity contribution is 6.30. The van der Waals surface area contributed by atoms with Gasteiger partial charge in [0.2, 0.25) is 5.91 Å². The van der Waals surface area contributed by atoms with Crippen LogP contribution in [0.4, 0.5) is 0 Å². The molecule has 0 spiro atoms. The number of nitrogens with one attached hydrogen (secondary N) is 1. The molecule has 1 aromatic carbocycles. The van der Waals surface area contributed by atoms with Gasteiger partial charge < -0.3 is 10.2 Å². The fraction of sp³-hybridized carbons (Fsp3) is 0.562. The third kappa shape index (κ3) is 4.50. The average molecular weight is 295 g/mol. The molecule has 0 bridgehead atoms. The zero-order chi connectivity index (χ0) is 14.5. The van der Waals surface area contributed by atoms with Crippen LogP contribution in [0.2, 0.25) is 5.02 Å². The van der Waals surface area contributed by atoms with Crippen molar-refractivity contribution in [3.8, 4) is 0 Å². The monoisotopic (exact) mass is 294 g/mol. The van der Waals surface area contributed by atoms with E-state index in [1.165, 1.54) is 0 Å². The summed E-state index contributed by atoms with van der Waals surface area (Å²) in [5.74, 6) is 0.0928. The highest BCUT2D eigenvalue weighted by Gasteiger charge is 2.21. The predicted molar refractivity (Wildman–Crippen MR) is 83.0 cm³/mol. The molecule has 3 nitrogen and oxygen atoms in total. The number of hydrogen-bond donors (Lipinski definition) is 1. The van der Waals surface area contributed by atoms with Crippen LogP contribution in [0.25, 0.3) is 0 Å². The van der Waals surface area contributed by atoms with Crippen LogP contribution < -0.4 is 5.32 Å². The van der Waals surface area contributed by atoms with Crippen molar-refractivity contribution in [3.63, 3.8) is 0 Å². The second kappa shape index (κ2) is 7.09. The molecular formula is C16H23ClN2O. The minimum atomic E-state index is 0.0928. The molecule has 2 rings (SSSR count). The van der Waals surface area contributed by atoms with E-state index in [0.29, 0.717) is 23.5 Å². The summed E-state index contributed by atoms with van der Waals surface area (Å²) >= 11 is 5.93. The highest BCUT2D eigenvalue weighted by atomic mass is 35.5. The number of piperidine rings is 1. The molecule has 0 saturated carbocycles. The van der Waals surface area contributed by atoms with Crippen LogP contribution in [0.1, 0.15) is 32.3 Å². The molecule has 0 unspecified atom stereocenters. The van der Waals surface area contributed by atoms with Crippen molar-refractivity contribution in [1.82, 2.24) is 10.2 Å². The average Bonchev–Trinajstić information content (AvgIpc) is 2.39. The summed E-state index contributed by atoms with van der Waals surface area (Å²) in [6, 6.07) is 8.40. The quantitative estimate of drug-likeness (QED) is 0.926. The maximum absolute atomic E-state index is 12.0. The van der Waals surface area contributed by atoms with E-state index in [4.69, 9.17) is 11.6 Å². The number of carbonyl (C=O) groups excluding carboxylic acids is 1. The van der Waals surface area contributed by atoms with Crippen LogP contribution in [0, 0.1) is 0 Å². The molecule has 0 radical (unpaired) electrons. The van der Waals surface area contributed by atoms with Gasteiger partial charge in [-0.2, -0.15) is 0 Å². The molecule has 110 valence electrons. The first-order valence-corrected chi connectivity index (χ1v) is 7.70.